The van der Waals surface area contributed by atoms with Crippen molar-refractivity contribution in [3.05, 3.63) is 0 Å². The molecule has 0 aromatic rings. The van der Waals surface area contributed by atoms with Gasteiger partial charge >= 0.3 is 6.18 Å². The molecule has 0 saturated carbocycles. The van der Waals surface area contributed by atoms with Crippen molar-refractivity contribution in [3.63, 3.8) is 0 Å². The number of rotatable bonds is 2. The fourth-order valence-electron chi connectivity index (χ4n) is 1.62. The van der Waals surface area contributed by atoms with Gasteiger partial charge < -0.3 is 10.2 Å². The van der Waals surface area contributed by atoms with E-state index in [1.807, 2.05) is 0 Å². The second kappa shape index (κ2) is 4.71. The minimum Gasteiger partial charge on any atom is -0.347 e. The summed E-state index contributed by atoms with van der Waals surface area (Å²) >= 11 is 0. The van der Waals surface area contributed by atoms with Crippen LogP contribution in [0.4, 0.5) is 13.2 Å². The van der Waals surface area contributed by atoms with Crippen LogP contribution < -0.4 is 5.32 Å². The molecular weight excluding hydrogens is 225 g/mol. The first-order valence-corrected chi connectivity index (χ1v) is 4.92. The Bertz CT molecular complexity index is 291. The first-order valence-electron chi connectivity index (χ1n) is 4.92. The van der Waals surface area contributed by atoms with E-state index in [1.54, 1.807) is 0 Å². The van der Waals surface area contributed by atoms with Crippen molar-refractivity contribution in [2.45, 2.75) is 32.0 Å². The van der Waals surface area contributed by atoms with E-state index in [2.05, 4.69) is 5.32 Å². The highest BCUT2D eigenvalue weighted by Crippen LogP contribution is 2.24. The molecule has 92 valence electrons. The molecule has 4 nitrogen and oxygen atoms in total. The van der Waals surface area contributed by atoms with E-state index in [-0.39, 0.29) is 25.4 Å². The lowest BCUT2D eigenvalue weighted by Crippen LogP contribution is -2.43. The third kappa shape index (κ3) is 3.71. The number of alkyl halides is 3. The van der Waals surface area contributed by atoms with Crippen LogP contribution in [0.2, 0.25) is 0 Å². The van der Waals surface area contributed by atoms with E-state index in [0.717, 1.165) is 4.90 Å². The molecule has 1 aliphatic rings. The molecule has 1 aliphatic heterocycles. The molecule has 1 rings (SSSR count). The maximum atomic E-state index is 12.1. The van der Waals surface area contributed by atoms with Gasteiger partial charge in [-0.25, -0.2) is 0 Å². The van der Waals surface area contributed by atoms with Crippen LogP contribution in [-0.4, -0.2) is 42.0 Å². The topological polar surface area (TPSA) is 49.4 Å². The summed E-state index contributed by atoms with van der Waals surface area (Å²) in [4.78, 5) is 23.5. The van der Waals surface area contributed by atoms with Crippen molar-refractivity contribution in [2.75, 3.05) is 13.1 Å². The maximum absolute atomic E-state index is 12.1. The summed E-state index contributed by atoms with van der Waals surface area (Å²) in [7, 11) is 0. The molecule has 7 heteroatoms. The lowest BCUT2D eigenvalue weighted by Gasteiger charge is -2.28. The number of carbonyl (C=O) groups is 2. The molecule has 0 radical (unpaired) electrons. The van der Waals surface area contributed by atoms with E-state index in [9.17, 15) is 22.8 Å². The Morgan fingerprint density at radius 2 is 2.06 bits per heavy atom. The van der Waals surface area contributed by atoms with Crippen molar-refractivity contribution in [1.82, 2.24) is 10.2 Å². The standard InChI is InChI=1S/C9H13F3N2O2/c1-6(4-9(10,11)12)14-3-2-7(15)13-5-8(14)16/h6H,2-5H2,1H3,(H,13,15). The summed E-state index contributed by atoms with van der Waals surface area (Å²) in [6, 6.07) is -0.930. The fourth-order valence-corrected chi connectivity index (χ4v) is 1.62. The highest BCUT2D eigenvalue weighted by atomic mass is 19.4. The third-order valence-corrected chi connectivity index (χ3v) is 2.40. The smallest absolute Gasteiger partial charge is 0.347 e. The molecule has 0 bridgehead atoms. The van der Waals surface area contributed by atoms with E-state index in [1.165, 1.54) is 6.92 Å². The number of hydrogen-bond donors (Lipinski definition) is 1. The third-order valence-electron chi connectivity index (χ3n) is 2.40. The first kappa shape index (κ1) is 12.8. The number of halogens is 3. The van der Waals surface area contributed by atoms with Crippen molar-refractivity contribution in [1.29, 1.82) is 0 Å². The molecule has 1 N–H and O–H groups in total. The SMILES string of the molecule is CC(CC(F)(F)F)N1CCC(=O)NCC1=O. The van der Waals surface area contributed by atoms with Crippen molar-refractivity contribution >= 4 is 11.8 Å². The molecular formula is C9H13F3N2O2. The molecule has 0 aromatic carbocycles. The summed E-state index contributed by atoms with van der Waals surface area (Å²) in [6.07, 6.45) is -5.30. The molecule has 1 atom stereocenters. The summed E-state index contributed by atoms with van der Waals surface area (Å²) in [5.74, 6) is -0.780. The Labute approximate surface area is 90.8 Å². The number of hydrogen-bond acceptors (Lipinski definition) is 2. The second-order valence-electron chi connectivity index (χ2n) is 3.78. The van der Waals surface area contributed by atoms with Gasteiger partial charge in [-0.3, -0.25) is 9.59 Å². The lowest BCUT2D eigenvalue weighted by atomic mass is 10.2. The van der Waals surface area contributed by atoms with Gasteiger partial charge in [0.15, 0.2) is 0 Å². The monoisotopic (exact) mass is 238 g/mol. The van der Waals surface area contributed by atoms with Crippen molar-refractivity contribution in [3.8, 4) is 0 Å². The van der Waals surface area contributed by atoms with Crippen molar-refractivity contribution in [2.24, 2.45) is 0 Å². The minimum absolute atomic E-state index is 0.0436. The minimum atomic E-state index is -4.30. The van der Waals surface area contributed by atoms with Crippen molar-refractivity contribution < 1.29 is 22.8 Å². The van der Waals surface area contributed by atoms with Gasteiger partial charge in [-0.15, -0.1) is 0 Å². The summed E-state index contributed by atoms with van der Waals surface area (Å²) in [6.45, 7) is 1.16. The maximum Gasteiger partial charge on any atom is 0.391 e. The van der Waals surface area contributed by atoms with Gasteiger partial charge in [0.25, 0.3) is 0 Å². The van der Waals surface area contributed by atoms with Crippen LogP contribution in [-0.2, 0) is 9.59 Å². The zero-order valence-electron chi connectivity index (χ0n) is 8.80. The summed E-state index contributed by atoms with van der Waals surface area (Å²) < 4.78 is 36.4. The number of amides is 2. The lowest BCUT2D eigenvalue weighted by molar-refractivity contribution is -0.152. The van der Waals surface area contributed by atoms with Gasteiger partial charge in [-0.2, -0.15) is 13.2 Å². The zero-order chi connectivity index (χ0) is 12.3. The Hall–Kier alpha value is -1.27. The van der Waals surface area contributed by atoms with Crippen LogP contribution in [0.5, 0.6) is 0 Å². The van der Waals surface area contributed by atoms with Crippen LogP contribution in [0.1, 0.15) is 19.8 Å². The zero-order valence-corrected chi connectivity index (χ0v) is 8.80. The van der Waals surface area contributed by atoms with Gasteiger partial charge in [0, 0.05) is 19.0 Å². The van der Waals surface area contributed by atoms with E-state index in [4.69, 9.17) is 0 Å². The Balaban J connectivity index is 2.63. The fraction of sp³-hybridized carbons (Fsp3) is 0.778. The average molecular weight is 238 g/mol. The van der Waals surface area contributed by atoms with Gasteiger partial charge in [0.1, 0.15) is 0 Å². The predicted octanol–water partition coefficient (Wildman–Crippen LogP) is 0.676. The molecule has 0 aromatic heterocycles. The highest BCUT2D eigenvalue weighted by Gasteiger charge is 2.34. The molecule has 1 heterocycles. The normalized spacial score (nSPS) is 20.4. The molecule has 16 heavy (non-hydrogen) atoms. The van der Waals surface area contributed by atoms with Crippen LogP contribution in [0.25, 0.3) is 0 Å². The molecule has 1 saturated heterocycles. The van der Waals surface area contributed by atoms with Crippen LogP contribution >= 0.6 is 0 Å². The Morgan fingerprint density at radius 3 is 2.62 bits per heavy atom. The molecule has 0 spiro atoms. The van der Waals surface area contributed by atoms with E-state index >= 15 is 0 Å². The molecule has 1 fully saturated rings. The summed E-state index contributed by atoms with van der Waals surface area (Å²) in [5, 5.41) is 2.33. The first-order chi connectivity index (χ1) is 7.29. The Kier molecular flexibility index (Phi) is 3.77. The summed E-state index contributed by atoms with van der Waals surface area (Å²) in [5.41, 5.74) is 0. The van der Waals surface area contributed by atoms with E-state index < -0.39 is 24.5 Å². The van der Waals surface area contributed by atoms with E-state index in [0.29, 0.717) is 0 Å². The highest BCUT2D eigenvalue weighted by molar-refractivity contribution is 5.87. The number of carbonyl (C=O) groups excluding carboxylic acids is 2. The van der Waals surface area contributed by atoms with Gasteiger partial charge in [-0.05, 0) is 6.92 Å². The number of nitrogens with one attached hydrogen (secondary N) is 1. The predicted molar refractivity (Wildman–Crippen MR) is 49.5 cm³/mol. The number of nitrogens with zero attached hydrogens (tertiary/aromatic N) is 1. The van der Waals surface area contributed by atoms with Gasteiger partial charge in [-0.1, -0.05) is 0 Å². The molecule has 0 aliphatic carbocycles. The molecule has 1 unspecified atom stereocenters. The largest absolute Gasteiger partial charge is 0.391 e. The molecule has 2 amide bonds. The second-order valence-corrected chi connectivity index (χ2v) is 3.78. The Morgan fingerprint density at radius 1 is 1.44 bits per heavy atom. The van der Waals surface area contributed by atoms with Crippen LogP contribution in [0.15, 0.2) is 0 Å². The van der Waals surface area contributed by atoms with Gasteiger partial charge in [0.2, 0.25) is 11.8 Å². The van der Waals surface area contributed by atoms with Gasteiger partial charge in [0.05, 0.1) is 13.0 Å². The van der Waals surface area contributed by atoms with Crippen LogP contribution in [0, 0.1) is 0 Å². The van der Waals surface area contributed by atoms with Crippen LogP contribution in [0.3, 0.4) is 0 Å². The quantitative estimate of drug-likeness (QED) is 0.769. The average Bonchev–Trinajstić information content (AvgIpc) is 2.26.